The molecule has 0 aliphatic heterocycles. The van der Waals surface area contributed by atoms with Gasteiger partial charge >= 0.3 is 0 Å². The summed E-state index contributed by atoms with van der Waals surface area (Å²) in [6.45, 7) is 4.98. The van der Waals surface area contributed by atoms with Crippen molar-refractivity contribution in [3.63, 3.8) is 0 Å². The lowest BCUT2D eigenvalue weighted by Crippen LogP contribution is -2.45. The van der Waals surface area contributed by atoms with Gasteiger partial charge in [-0.3, -0.25) is 9.78 Å². The molecule has 0 fully saturated rings. The van der Waals surface area contributed by atoms with E-state index in [1.807, 2.05) is 39.1 Å². The molecular weight excluding hydrogens is 226 g/mol. The summed E-state index contributed by atoms with van der Waals surface area (Å²) in [5, 5.41) is 0. The fraction of sp³-hybridized carbons (Fsp3) is 0.571. The van der Waals surface area contributed by atoms with Crippen molar-refractivity contribution in [2.24, 2.45) is 11.1 Å². The van der Waals surface area contributed by atoms with Gasteiger partial charge in [-0.05, 0) is 25.5 Å². The molecule has 0 aliphatic rings. The highest BCUT2D eigenvalue weighted by atomic mass is 16.2. The lowest BCUT2D eigenvalue weighted by molar-refractivity contribution is -0.139. The van der Waals surface area contributed by atoms with Crippen LogP contribution in [0.15, 0.2) is 24.4 Å². The van der Waals surface area contributed by atoms with E-state index in [4.69, 9.17) is 5.73 Å². The van der Waals surface area contributed by atoms with Gasteiger partial charge in [-0.25, -0.2) is 0 Å². The first-order chi connectivity index (χ1) is 8.53. The van der Waals surface area contributed by atoms with Gasteiger partial charge in [0.15, 0.2) is 0 Å². The average molecular weight is 249 g/mol. The maximum Gasteiger partial charge on any atom is 0.229 e. The second-order valence-corrected chi connectivity index (χ2v) is 4.92. The third kappa shape index (κ3) is 3.53. The van der Waals surface area contributed by atoms with Crippen LogP contribution in [0, 0.1) is 5.41 Å². The Morgan fingerprint density at radius 3 is 2.72 bits per heavy atom. The van der Waals surface area contributed by atoms with E-state index in [0.717, 1.165) is 18.5 Å². The zero-order valence-corrected chi connectivity index (χ0v) is 11.5. The van der Waals surface area contributed by atoms with Crippen LogP contribution in [-0.4, -0.2) is 35.9 Å². The average Bonchev–Trinajstić information content (AvgIpc) is 2.44. The number of rotatable bonds is 6. The number of pyridine rings is 1. The highest BCUT2D eigenvalue weighted by Gasteiger charge is 2.31. The summed E-state index contributed by atoms with van der Waals surface area (Å²) in [6, 6.07) is 5.82. The molecule has 1 rings (SSSR count). The second kappa shape index (κ2) is 6.50. The molecule has 1 aromatic heterocycles. The first kappa shape index (κ1) is 14.6. The van der Waals surface area contributed by atoms with Gasteiger partial charge < -0.3 is 10.6 Å². The van der Waals surface area contributed by atoms with Crippen molar-refractivity contribution in [3.05, 3.63) is 30.1 Å². The predicted molar refractivity (Wildman–Crippen MR) is 73.0 cm³/mol. The molecule has 4 nitrogen and oxygen atoms in total. The Hall–Kier alpha value is -1.42. The predicted octanol–water partition coefficient (Wildman–Crippen LogP) is 1.46. The van der Waals surface area contributed by atoms with Crippen molar-refractivity contribution in [3.8, 4) is 0 Å². The number of hydrogen-bond acceptors (Lipinski definition) is 3. The Bertz CT molecular complexity index is 374. The van der Waals surface area contributed by atoms with Gasteiger partial charge in [0.25, 0.3) is 0 Å². The Morgan fingerprint density at radius 2 is 2.22 bits per heavy atom. The van der Waals surface area contributed by atoms with Gasteiger partial charge in [0, 0.05) is 38.4 Å². The third-order valence-corrected chi connectivity index (χ3v) is 3.52. The minimum absolute atomic E-state index is 0.114. The molecular formula is C14H23N3O. The van der Waals surface area contributed by atoms with Gasteiger partial charge in [0.2, 0.25) is 5.91 Å². The van der Waals surface area contributed by atoms with Crippen molar-refractivity contribution < 1.29 is 4.79 Å². The number of nitrogens with zero attached hydrogens (tertiary/aromatic N) is 2. The van der Waals surface area contributed by atoms with Crippen LogP contribution in [0.1, 0.15) is 26.0 Å². The number of nitrogens with two attached hydrogens (primary N) is 1. The van der Waals surface area contributed by atoms with E-state index in [1.165, 1.54) is 0 Å². The highest BCUT2D eigenvalue weighted by Crippen LogP contribution is 2.21. The molecule has 18 heavy (non-hydrogen) atoms. The summed E-state index contributed by atoms with van der Waals surface area (Å²) >= 11 is 0. The van der Waals surface area contributed by atoms with Crippen LogP contribution in [0.4, 0.5) is 0 Å². The molecule has 0 saturated heterocycles. The first-order valence-corrected chi connectivity index (χ1v) is 6.39. The van der Waals surface area contributed by atoms with Gasteiger partial charge in [0.05, 0.1) is 5.41 Å². The smallest absolute Gasteiger partial charge is 0.229 e. The molecule has 0 aliphatic carbocycles. The molecule has 0 bridgehead atoms. The van der Waals surface area contributed by atoms with Crippen LogP contribution in [0.3, 0.4) is 0 Å². The highest BCUT2D eigenvalue weighted by molar-refractivity contribution is 5.82. The fourth-order valence-electron chi connectivity index (χ4n) is 1.77. The van der Waals surface area contributed by atoms with Crippen LogP contribution in [-0.2, 0) is 11.2 Å². The molecule has 1 unspecified atom stereocenters. The summed E-state index contributed by atoms with van der Waals surface area (Å²) in [4.78, 5) is 18.3. The monoisotopic (exact) mass is 249 g/mol. The van der Waals surface area contributed by atoms with E-state index in [2.05, 4.69) is 4.98 Å². The number of amides is 1. The topological polar surface area (TPSA) is 59.2 Å². The van der Waals surface area contributed by atoms with Crippen LogP contribution in [0.2, 0.25) is 0 Å². The zero-order chi connectivity index (χ0) is 13.6. The van der Waals surface area contributed by atoms with Crippen LogP contribution in [0.5, 0.6) is 0 Å². The third-order valence-electron chi connectivity index (χ3n) is 3.52. The van der Waals surface area contributed by atoms with E-state index in [-0.39, 0.29) is 5.91 Å². The SMILES string of the molecule is CCC(C)(CN)C(=O)N(C)CCc1ccccn1. The van der Waals surface area contributed by atoms with Crippen LogP contribution >= 0.6 is 0 Å². The molecule has 1 amide bonds. The Kier molecular flexibility index (Phi) is 5.28. The lowest BCUT2D eigenvalue weighted by atomic mass is 9.86. The van der Waals surface area contributed by atoms with Gasteiger partial charge in [0.1, 0.15) is 0 Å². The normalized spacial score (nSPS) is 14.0. The standard InChI is InChI=1S/C14H23N3O/c1-4-14(2,11-15)13(18)17(3)10-8-12-7-5-6-9-16-12/h5-7,9H,4,8,10-11,15H2,1-3H3. The van der Waals surface area contributed by atoms with E-state index in [9.17, 15) is 4.79 Å². The minimum atomic E-state index is -0.446. The molecule has 1 heterocycles. The maximum atomic E-state index is 12.3. The van der Waals surface area contributed by atoms with Gasteiger partial charge in [-0.1, -0.05) is 13.0 Å². The lowest BCUT2D eigenvalue weighted by Gasteiger charge is -2.30. The molecule has 1 aromatic rings. The van der Waals surface area contributed by atoms with Crippen molar-refractivity contribution in [1.29, 1.82) is 0 Å². The molecule has 0 saturated carbocycles. The molecule has 4 heteroatoms. The number of aromatic nitrogens is 1. The van der Waals surface area contributed by atoms with Crippen molar-refractivity contribution >= 4 is 5.91 Å². The Labute approximate surface area is 109 Å². The fourth-order valence-corrected chi connectivity index (χ4v) is 1.77. The van der Waals surface area contributed by atoms with E-state index in [1.54, 1.807) is 11.1 Å². The number of carbonyl (C=O) groups is 1. The molecule has 100 valence electrons. The van der Waals surface area contributed by atoms with E-state index in [0.29, 0.717) is 13.1 Å². The zero-order valence-electron chi connectivity index (χ0n) is 11.5. The summed E-state index contributed by atoms with van der Waals surface area (Å²) in [5.74, 6) is 0.114. The number of likely N-dealkylation sites (N-methyl/N-ethyl adjacent to an activating group) is 1. The van der Waals surface area contributed by atoms with E-state index < -0.39 is 5.41 Å². The molecule has 0 aromatic carbocycles. The molecule has 1 atom stereocenters. The van der Waals surface area contributed by atoms with Crippen molar-refractivity contribution in [2.45, 2.75) is 26.7 Å². The van der Waals surface area contributed by atoms with Crippen molar-refractivity contribution in [1.82, 2.24) is 9.88 Å². The number of carbonyl (C=O) groups excluding carboxylic acids is 1. The maximum absolute atomic E-state index is 12.3. The molecule has 2 N–H and O–H groups in total. The molecule has 0 spiro atoms. The Balaban J connectivity index is 2.55. The van der Waals surface area contributed by atoms with Crippen LogP contribution < -0.4 is 5.73 Å². The summed E-state index contributed by atoms with van der Waals surface area (Å²) in [5.41, 5.74) is 6.26. The molecule has 0 radical (unpaired) electrons. The summed E-state index contributed by atoms with van der Waals surface area (Å²) < 4.78 is 0. The van der Waals surface area contributed by atoms with Crippen LogP contribution in [0.25, 0.3) is 0 Å². The Morgan fingerprint density at radius 1 is 1.50 bits per heavy atom. The minimum Gasteiger partial charge on any atom is -0.345 e. The van der Waals surface area contributed by atoms with E-state index >= 15 is 0 Å². The largest absolute Gasteiger partial charge is 0.345 e. The van der Waals surface area contributed by atoms with Gasteiger partial charge in [-0.15, -0.1) is 0 Å². The number of hydrogen-bond donors (Lipinski definition) is 1. The van der Waals surface area contributed by atoms with Crippen molar-refractivity contribution in [2.75, 3.05) is 20.1 Å². The van der Waals surface area contributed by atoms with Gasteiger partial charge in [-0.2, -0.15) is 0 Å². The summed E-state index contributed by atoms with van der Waals surface area (Å²) in [6.07, 6.45) is 3.30. The quantitative estimate of drug-likeness (QED) is 0.830. The second-order valence-electron chi connectivity index (χ2n) is 4.92. The summed E-state index contributed by atoms with van der Waals surface area (Å²) in [7, 11) is 1.83. The first-order valence-electron chi connectivity index (χ1n) is 6.39.